The Bertz CT molecular complexity index is 584. The van der Waals surface area contributed by atoms with Crippen molar-refractivity contribution in [2.75, 3.05) is 7.11 Å². The minimum Gasteiger partial charge on any atom is -0.493 e. The molecule has 4 heteroatoms. The molecule has 0 aliphatic rings. The Morgan fingerprint density at radius 3 is 2.50 bits per heavy atom. The molecule has 1 heterocycles. The second-order valence-corrected chi connectivity index (χ2v) is 5.46. The molecule has 0 amide bonds. The zero-order chi connectivity index (χ0) is 13.3. The van der Waals surface area contributed by atoms with E-state index in [9.17, 15) is 4.79 Å². The average molecular weight is 264 g/mol. The predicted octanol–water partition coefficient (Wildman–Crippen LogP) is 3.90. The monoisotopic (exact) mass is 264 g/mol. The van der Waals surface area contributed by atoms with E-state index in [0.29, 0.717) is 11.5 Å². The molecule has 96 valence electrons. The highest BCUT2D eigenvalue weighted by Gasteiger charge is 2.12. The van der Waals surface area contributed by atoms with E-state index in [1.54, 1.807) is 14.0 Å². The van der Waals surface area contributed by atoms with Gasteiger partial charge >= 0.3 is 0 Å². The van der Waals surface area contributed by atoms with E-state index in [2.05, 4.69) is 0 Å². The van der Waals surface area contributed by atoms with Crippen LogP contribution in [0.25, 0.3) is 10.1 Å². The number of Topliss-reactive ketones (excluding diaryl/α,β-unsaturated/α-hetero) is 1. The molecule has 0 unspecified atom stereocenters. The summed E-state index contributed by atoms with van der Waals surface area (Å²) in [5.74, 6) is 1.50. The van der Waals surface area contributed by atoms with Crippen LogP contribution in [0.2, 0.25) is 0 Å². The van der Waals surface area contributed by atoms with Crippen LogP contribution in [-0.2, 0) is 0 Å². The lowest BCUT2D eigenvalue weighted by Crippen LogP contribution is -2.06. The normalized spacial score (nSPS) is 10.9. The molecule has 0 radical (unpaired) electrons. The summed E-state index contributed by atoms with van der Waals surface area (Å²) in [4.78, 5) is 12.1. The third kappa shape index (κ3) is 2.48. The number of fused-ring (bicyclic) bond motifs is 1. The minimum atomic E-state index is 0.0847. The average Bonchev–Trinajstić information content (AvgIpc) is 2.70. The van der Waals surface area contributed by atoms with Crippen molar-refractivity contribution in [2.24, 2.45) is 0 Å². The number of carbonyl (C=O) groups is 1. The van der Waals surface area contributed by atoms with Gasteiger partial charge in [-0.05, 0) is 38.3 Å². The molecule has 1 aromatic heterocycles. The summed E-state index contributed by atoms with van der Waals surface area (Å²) < 4.78 is 12.1. The van der Waals surface area contributed by atoms with Gasteiger partial charge in [-0.3, -0.25) is 4.79 Å². The molecule has 1 aromatic carbocycles. The second-order valence-electron chi connectivity index (χ2n) is 4.37. The van der Waals surface area contributed by atoms with Crippen molar-refractivity contribution in [2.45, 2.75) is 26.9 Å². The predicted molar refractivity (Wildman–Crippen MR) is 74.1 cm³/mol. The fraction of sp³-hybridized carbons (Fsp3) is 0.357. The number of hydrogen-bond acceptors (Lipinski definition) is 4. The Balaban J connectivity index is 2.54. The van der Waals surface area contributed by atoms with Crippen LogP contribution in [0.5, 0.6) is 11.5 Å². The highest BCUT2D eigenvalue weighted by Crippen LogP contribution is 2.37. The number of benzene rings is 1. The van der Waals surface area contributed by atoms with Gasteiger partial charge in [-0.15, -0.1) is 11.3 Å². The molecule has 0 saturated heterocycles. The fourth-order valence-corrected chi connectivity index (χ4v) is 2.69. The Morgan fingerprint density at radius 1 is 1.22 bits per heavy atom. The van der Waals surface area contributed by atoms with Crippen LogP contribution >= 0.6 is 11.3 Å². The van der Waals surface area contributed by atoms with E-state index >= 15 is 0 Å². The highest BCUT2D eigenvalue weighted by atomic mass is 32.1. The molecule has 0 saturated carbocycles. The molecule has 0 N–H and O–H groups in total. The quantitative estimate of drug-likeness (QED) is 0.786. The van der Waals surface area contributed by atoms with Crippen LogP contribution in [-0.4, -0.2) is 19.0 Å². The second kappa shape index (κ2) is 4.98. The lowest BCUT2D eigenvalue weighted by atomic mass is 10.2. The zero-order valence-corrected chi connectivity index (χ0v) is 11.8. The molecule has 3 nitrogen and oxygen atoms in total. The van der Waals surface area contributed by atoms with Crippen LogP contribution in [0.4, 0.5) is 0 Å². The van der Waals surface area contributed by atoms with Gasteiger partial charge in [0.25, 0.3) is 0 Å². The van der Waals surface area contributed by atoms with Crippen molar-refractivity contribution in [1.29, 1.82) is 0 Å². The van der Waals surface area contributed by atoms with Gasteiger partial charge in [-0.25, -0.2) is 0 Å². The first kappa shape index (κ1) is 12.9. The number of thiophene rings is 1. The van der Waals surface area contributed by atoms with Crippen LogP contribution in [0.15, 0.2) is 18.2 Å². The van der Waals surface area contributed by atoms with Gasteiger partial charge in [0.1, 0.15) is 0 Å². The van der Waals surface area contributed by atoms with E-state index in [-0.39, 0.29) is 11.9 Å². The Morgan fingerprint density at radius 2 is 1.94 bits per heavy atom. The summed E-state index contributed by atoms with van der Waals surface area (Å²) in [5.41, 5.74) is 0. The fourth-order valence-electron chi connectivity index (χ4n) is 1.73. The lowest BCUT2D eigenvalue weighted by Gasteiger charge is -2.13. The molecule has 0 aliphatic heterocycles. The summed E-state index contributed by atoms with van der Waals surface area (Å²) in [6.45, 7) is 5.52. The standard InChI is InChI=1S/C14H16O3S/c1-8(2)17-12-5-10-6-13(9(3)15)18-14(10)7-11(12)16-4/h5-8H,1-4H3. The van der Waals surface area contributed by atoms with E-state index in [0.717, 1.165) is 15.0 Å². The maximum Gasteiger partial charge on any atom is 0.169 e. The number of carbonyl (C=O) groups excluding carboxylic acids is 1. The van der Waals surface area contributed by atoms with E-state index in [4.69, 9.17) is 9.47 Å². The molecule has 0 spiro atoms. The van der Waals surface area contributed by atoms with Crippen LogP contribution in [0.1, 0.15) is 30.4 Å². The summed E-state index contributed by atoms with van der Waals surface area (Å²) >= 11 is 1.48. The number of rotatable bonds is 4. The smallest absolute Gasteiger partial charge is 0.169 e. The first-order valence-electron chi connectivity index (χ1n) is 5.80. The Labute approximate surface area is 110 Å². The van der Waals surface area contributed by atoms with Crippen molar-refractivity contribution in [3.05, 3.63) is 23.1 Å². The number of methoxy groups -OCH3 is 1. The largest absolute Gasteiger partial charge is 0.493 e. The molecule has 0 atom stereocenters. The van der Waals surface area contributed by atoms with Crippen molar-refractivity contribution >= 4 is 27.2 Å². The molecule has 2 rings (SSSR count). The number of ether oxygens (including phenoxy) is 2. The number of ketones is 1. The SMILES string of the molecule is COc1cc2sc(C(C)=O)cc2cc1OC(C)C. The van der Waals surface area contributed by atoms with Gasteiger partial charge in [0.05, 0.1) is 18.1 Å². The van der Waals surface area contributed by atoms with Gasteiger partial charge in [0.15, 0.2) is 17.3 Å². The summed E-state index contributed by atoms with van der Waals surface area (Å²) in [7, 11) is 1.62. The van der Waals surface area contributed by atoms with E-state index < -0.39 is 0 Å². The maximum absolute atomic E-state index is 11.4. The van der Waals surface area contributed by atoms with E-state index in [1.807, 2.05) is 32.0 Å². The first-order valence-corrected chi connectivity index (χ1v) is 6.62. The molecule has 18 heavy (non-hydrogen) atoms. The van der Waals surface area contributed by atoms with Crippen molar-refractivity contribution in [3.63, 3.8) is 0 Å². The van der Waals surface area contributed by atoms with Gasteiger partial charge in [0.2, 0.25) is 0 Å². The topological polar surface area (TPSA) is 35.5 Å². The third-order valence-electron chi connectivity index (χ3n) is 2.51. The van der Waals surface area contributed by atoms with Crippen LogP contribution in [0.3, 0.4) is 0 Å². The van der Waals surface area contributed by atoms with Gasteiger partial charge < -0.3 is 9.47 Å². The molecule has 2 aromatic rings. The number of hydrogen-bond donors (Lipinski definition) is 0. The van der Waals surface area contributed by atoms with Crippen molar-refractivity contribution < 1.29 is 14.3 Å². The Hall–Kier alpha value is -1.55. The zero-order valence-electron chi connectivity index (χ0n) is 10.9. The molecule has 0 fully saturated rings. The van der Waals surface area contributed by atoms with Crippen LogP contribution < -0.4 is 9.47 Å². The Kier molecular flexibility index (Phi) is 3.57. The van der Waals surface area contributed by atoms with Crippen LogP contribution in [0, 0.1) is 0 Å². The van der Waals surface area contributed by atoms with Gasteiger partial charge in [0, 0.05) is 10.8 Å². The molecular formula is C14H16O3S. The summed E-state index contributed by atoms with van der Waals surface area (Å²) in [6, 6.07) is 5.75. The highest BCUT2D eigenvalue weighted by molar-refractivity contribution is 7.20. The van der Waals surface area contributed by atoms with Gasteiger partial charge in [-0.2, -0.15) is 0 Å². The molecule has 0 bridgehead atoms. The van der Waals surface area contributed by atoms with Gasteiger partial charge in [-0.1, -0.05) is 0 Å². The third-order valence-corrected chi connectivity index (χ3v) is 3.71. The summed E-state index contributed by atoms with van der Waals surface area (Å²) in [6.07, 6.45) is 0.0854. The van der Waals surface area contributed by atoms with Crippen molar-refractivity contribution in [1.82, 2.24) is 0 Å². The van der Waals surface area contributed by atoms with Crippen molar-refractivity contribution in [3.8, 4) is 11.5 Å². The first-order chi connectivity index (χ1) is 8.51. The maximum atomic E-state index is 11.4. The molecule has 0 aliphatic carbocycles. The molecular weight excluding hydrogens is 248 g/mol. The summed E-state index contributed by atoms with van der Waals surface area (Å²) in [5, 5.41) is 1.02. The minimum absolute atomic E-state index is 0.0847. The lowest BCUT2D eigenvalue weighted by molar-refractivity contribution is 0.102. The van der Waals surface area contributed by atoms with E-state index in [1.165, 1.54) is 11.3 Å².